The smallest absolute Gasteiger partial charge is 0.387 e. The van der Waals surface area contributed by atoms with E-state index in [1.165, 1.54) is 24.2 Å². The topological polar surface area (TPSA) is 68.3 Å². The van der Waals surface area contributed by atoms with Crippen molar-refractivity contribution >= 4 is 17.2 Å². The summed E-state index contributed by atoms with van der Waals surface area (Å²) in [6, 6.07) is 4.32. The zero-order chi connectivity index (χ0) is 16.0. The number of thiophene rings is 1. The molecule has 122 valence electrons. The van der Waals surface area contributed by atoms with E-state index in [1.807, 2.05) is 22.4 Å². The second-order valence-electron chi connectivity index (χ2n) is 6.42. The van der Waals surface area contributed by atoms with Crippen molar-refractivity contribution in [2.24, 2.45) is 5.92 Å². The minimum Gasteiger partial charge on any atom is -0.387 e. The quantitative estimate of drug-likeness (QED) is 0.814. The molecule has 2 aliphatic rings. The number of aromatic nitrogens is 2. The van der Waals surface area contributed by atoms with Crippen molar-refractivity contribution < 1.29 is 9.21 Å². The molecule has 23 heavy (non-hydrogen) atoms. The first-order valence-electron chi connectivity index (χ1n) is 8.06. The second kappa shape index (κ2) is 5.63. The highest BCUT2D eigenvalue weighted by Crippen LogP contribution is 2.39. The van der Waals surface area contributed by atoms with Crippen LogP contribution in [-0.4, -0.2) is 32.7 Å². The van der Waals surface area contributed by atoms with Crippen LogP contribution in [0.4, 0.5) is 0 Å². The van der Waals surface area contributed by atoms with E-state index in [0.29, 0.717) is 12.0 Å². The van der Waals surface area contributed by atoms with Gasteiger partial charge in [0.05, 0.1) is 4.88 Å². The number of rotatable bonds is 6. The van der Waals surface area contributed by atoms with Crippen LogP contribution in [0.15, 0.2) is 26.7 Å². The van der Waals surface area contributed by atoms with Crippen LogP contribution in [0.3, 0.4) is 0 Å². The van der Waals surface area contributed by atoms with Crippen LogP contribution in [0, 0.1) is 5.92 Å². The van der Waals surface area contributed by atoms with Crippen LogP contribution in [0.2, 0.25) is 0 Å². The molecule has 0 aliphatic heterocycles. The van der Waals surface area contributed by atoms with Crippen molar-refractivity contribution in [2.45, 2.75) is 51.2 Å². The van der Waals surface area contributed by atoms with E-state index in [2.05, 4.69) is 12.0 Å². The highest BCUT2D eigenvalue weighted by molar-refractivity contribution is 7.13. The van der Waals surface area contributed by atoms with Crippen molar-refractivity contribution in [1.29, 1.82) is 0 Å². The lowest BCUT2D eigenvalue weighted by molar-refractivity contribution is -0.135. The zero-order valence-electron chi connectivity index (χ0n) is 13.0. The molecule has 0 spiro atoms. The van der Waals surface area contributed by atoms with Gasteiger partial charge < -0.3 is 9.32 Å². The average Bonchev–Trinajstić information content (AvgIpc) is 3.44. The third-order valence-electron chi connectivity index (χ3n) is 4.59. The summed E-state index contributed by atoms with van der Waals surface area (Å²) in [5.74, 6) is 0.304. The minimum atomic E-state index is -0.573. The molecule has 0 unspecified atom stereocenters. The van der Waals surface area contributed by atoms with Crippen LogP contribution < -0.4 is 5.76 Å². The minimum absolute atomic E-state index is 0.0278. The van der Waals surface area contributed by atoms with E-state index in [4.69, 9.17) is 4.42 Å². The number of carbonyl (C=O) groups is 1. The first-order valence-corrected chi connectivity index (χ1v) is 8.94. The standard InChI is InChI=1S/C16H19N3O3S/c1-10(11-4-5-11)19(12-6-7-12)14(20)9-18-16(21)22-15(17-18)13-3-2-8-23-13/h2-3,8,10-12H,4-7,9H2,1H3/t10-/m0/s1. The van der Waals surface area contributed by atoms with Gasteiger partial charge in [-0.3, -0.25) is 4.79 Å². The first kappa shape index (κ1) is 14.7. The highest BCUT2D eigenvalue weighted by atomic mass is 32.1. The van der Waals surface area contributed by atoms with Crippen molar-refractivity contribution in [1.82, 2.24) is 14.7 Å². The number of nitrogens with zero attached hydrogens (tertiary/aromatic N) is 3. The van der Waals surface area contributed by atoms with Crippen LogP contribution in [0.25, 0.3) is 10.8 Å². The Bertz CT molecular complexity index is 756. The second-order valence-corrected chi connectivity index (χ2v) is 7.37. The summed E-state index contributed by atoms with van der Waals surface area (Å²) in [4.78, 5) is 27.4. The van der Waals surface area contributed by atoms with E-state index in [0.717, 1.165) is 22.4 Å². The normalized spacial score (nSPS) is 18.8. The fourth-order valence-corrected chi connectivity index (χ4v) is 3.68. The molecule has 7 heteroatoms. The van der Waals surface area contributed by atoms with Crippen molar-refractivity contribution in [2.75, 3.05) is 0 Å². The fraction of sp³-hybridized carbons (Fsp3) is 0.562. The number of hydrogen-bond donors (Lipinski definition) is 0. The van der Waals surface area contributed by atoms with E-state index in [9.17, 15) is 9.59 Å². The SMILES string of the molecule is C[C@@H](C1CC1)N(C(=O)Cn1nc(-c2cccs2)oc1=O)C1CC1. The molecule has 1 amide bonds. The molecule has 2 fully saturated rings. The van der Waals surface area contributed by atoms with Gasteiger partial charge in [0.2, 0.25) is 5.91 Å². The Morgan fingerprint density at radius 1 is 1.48 bits per heavy atom. The lowest BCUT2D eigenvalue weighted by Gasteiger charge is -2.29. The third kappa shape index (κ3) is 2.97. The summed E-state index contributed by atoms with van der Waals surface area (Å²) in [7, 11) is 0. The molecule has 2 aromatic heterocycles. The molecular formula is C16H19N3O3S. The molecule has 0 saturated heterocycles. The maximum absolute atomic E-state index is 12.7. The van der Waals surface area contributed by atoms with Crippen molar-refractivity contribution in [3.63, 3.8) is 0 Å². The molecule has 2 aromatic rings. The van der Waals surface area contributed by atoms with E-state index in [-0.39, 0.29) is 24.4 Å². The van der Waals surface area contributed by atoms with Gasteiger partial charge in [0, 0.05) is 12.1 Å². The summed E-state index contributed by atoms with van der Waals surface area (Å²) in [6.45, 7) is 2.08. The Hall–Kier alpha value is -1.89. The lowest BCUT2D eigenvalue weighted by atomic mass is 10.1. The van der Waals surface area contributed by atoms with Gasteiger partial charge in [-0.25, -0.2) is 4.79 Å². The predicted octanol–water partition coefficient (Wildman–Crippen LogP) is 2.35. The Morgan fingerprint density at radius 3 is 2.87 bits per heavy atom. The number of hydrogen-bond acceptors (Lipinski definition) is 5. The van der Waals surface area contributed by atoms with Crippen LogP contribution in [0.5, 0.6) is 0 Å². The largest absolute Gasteiger partial charge is 0.437 e. The van der Waals surface area contributed by atoms with Gasteiger partial charge in [0.1, 0.15) is 6.54 Å². The first-order chi connectivity index (χ1) is 11.1. The van der Waals surface area contributed by atoms with Gasteiger partial charge in [-0.2, -0.15) is 4.68 Å². The Morgan fingerprint density at radius 2 is 2.26 bits per heavy atom. The van der Waals surface area contributed by atoms with Gasteiger partial charge in [-0.05, 0) is 50.0 Å². The summed E-state index contributed by atoms with van der Waals surface area (Å²) in [5, 5.41) is 6.07. The van der Waals surface area contributed by atoms with Gasteiger partial charge in [0.15, 0.2) is 0 Å². The molecular weight excluding hydrogens is 314 g/mol. The summed E-state index contributed by atoms with van der Waals surface area (Å²) >= 11 is 1.45. The van der Waals surface area contributed by atoms with Gasteiger partial charge in [-0.1, -0.05) is 6.07 Å². The monoisotopic (exact) mass is 333 g/mol. The molecule has 1 atom stereocenters. The summed E-state index contributed by atoms with van der Waals surface area (Å²) in [6.07, 6.45) is 4.53. The fourth-order valence-electron chi connectivity index (χ4n) is 3.04. The van der Waals surface area contributed by atoms with Crippen LogP contribution in [0.1, 0.15) is 32.6 Å². The maximum Gasteiger partial charge on any atom is 0.437 e. The average molecular weight is 333 g/mol. The van der Waals surface area contributed by atoms with Crippen molar-refractivity contribution in [3.05, 3.63) is 28.1 Å². The molecule has 0 radical (unpaired) electrons. The molecule has 6 nitrogen and oxygen atoms in total. The number of amides is 1. The number of carbonyl (C=O) groups excluding carboxylic acids is 1. The Labute approximate surface area is 137 Å². The van der Waals surface area contributed by atoms with Gasteiger partial charge in [0.25, 0.3) is 5.89 Å². The molecule has 2 aliphatic carbocycles. The molecule has 2 saturated carbocycles. The predicted molar refractivity (Wildman–Crippen MR) is 86.1 cm³/mol. The molecule has 0 aromatic carbocycles. The van der Waals surface area contributed by atoms with Crippen LogP contribution in [-0.2, 0) is 11.3 Å². The summed E-state index contributed by atoms with van der Waals surface area (Å²) in [5.41, 5.74) is 0. The molecule has 2 heterocycles. The zero-order valence-corrected chi connectivity index (χ0v) is 13.8. The maximum atomic E-state index is 12.7. The van der Waals surface area contributed by atoms with Gasteiger partial charge in [-0.15, -0.1) is 16.4 Å². The van der Waals surface area contributed by atoms with E-state index < -0.39 is 5.76 Å². The molecule has 4 rings (SSSR count). The van der Waals surface area contributed by atoms with E-state index in [1.54, 1.807) is 0 Å². The molecule has 0 bridgehead atoms. The Kier molecular flexibility index (Phi) is 3.60. The highest BCUT2D eigenvalue weighted by Gasteiger charge is 2.41. The molecule has 0 N–H and O–H groups in total. The van der Waals surface area contributed by atoms with Crippen LogP contribution >= 0.6 is 11.3 Å². The van der Waals surface area contributed by atoms with Crippen molar-refractivity contribution in [3.8, 4) is 10.8 Å². The van der Waals surface area contributed by atoms with Gasteiger partial charge >= 0.3 is 5.76 Å². The third-order valence-corrected chi connectivity index (χ3v) is 5.45. The van der Waals surface area contributed by atoms with E-state index >= 15 is 0 Å². The lowest BCUT2D eigenvalue weighted by Crippen LogP contribution is -2.44. The summed E-state index contributed by atoms with van der Waals surface area (Å²) < 4.78 is 6.32. The Balaban J connectivity index is 1.52.